The number of piperidine rings is 1. The average molecular weight is 715 g/mol. The lowest BCUT2D eigenvalue weighted by molar-refractivity contribution is -0.127. The second-order valence-corrected chi connectivity index (χ2v) is 13.7. The first-order valence-electron chi connectivity index (χ1n) is 17.4. The van der Waals surface area contributed by atoms with Gasteiger partial charge in [0.25, 0.3) is 5.91 Å². The van der Waals surface area contributed by atoms with E-state index < -0.39 is 11.9 Å². The Kier molecular flexibility index (Phi) is 12.5. The van der Waals surface area contributed by atoms with Crippen LogP contribution < -0.4 is 21.7 Å². The number of pyridine rings is 1. The Balaban J connectivity index is 0.00000504. The highest BCUT2D eigenvalue weighted by molar-refractivity contribution is 6.02. The van der Waals surface area contributed by atoms with Crippen molar-refractivity contribution in [2.24, 2.45) is 23.3 Å². The van der Waals surface area contributed by atoms with Crippen LogP contribution in [-0.4, -0.2) is 87.0 Å². The number of likely N-dealkylation sites (tertiary alicyclic amines) is 1. The first-order valence-corrected chi connectivity index (χ1v) is 17.4. The summed E-state index contributed by atoms with van der Waals surface area (Å²) in [6.45, 7) is 4.43. The molecule has 3 heterocycles. The number of nitrogens with two attached hydrogens (primary N) is 2. The van der Waals surface area contributed by atoms with Crippen molar-refractivity contribution >= 4 is 35.8 Å². The summed E-state index contributed by atoms with van der Waals surface area (Å²) in [6.07, 6.45) is 5.27. The molecule has 0 radical (unpaired) electrons. The molecule has 0 spiro atoms. The molecular formula is C37H47ClN10O3. The summed E-state index contributed by atoms with van der Waals surface area (Å²) in [5.74, 6) is -0.184. The van der Waals surface area contributed by atoms with Crippen molar-refractivity contribution in [3.05, 3.63) is 77.6 Å². The lowest BCUT2D eigenvalue weighted by Crippen LogP contribution is -2.52. The van der Waals surface area contributed by atoms with Crippen LogP contribution in [0.25, 0.3) is 22.5 Å². The van der Waals surface area contributed by atoms with Gasteiger partial charge in [-0.15, -0.1) is 17.5 Å². The molecule has 1 saturated carbocycles. The maximum Gasteiger partial charge on any atom is 0.270 e. The van der Waals surface area contributed by atoms with Gasteiger partial charge in [-0.3, -0.25) is 19.3 Å². The van der Waals surface area contributed by atoms with E-state index in [-0.39, 0.29) is 42.6 Å². The molecule has 4 aromatic rings. The topological polar surface area (TPSA) is 189 Å². The number of primary amides is 1. The van der Waals surface area contributed by atoms with Gasteiger partial charge in [-0.05, 0) is 130 Å². The van der Waals surface area contributed by atoms with Crippen molar-refractivity contribution in [1.82, 2.24) is 35.8 Å². The minimum absolute atomic E-state index is 0. The molecule has 1 aliphatic heterocycles. The molecule has 6 rings (SSSR count). The Morgan fingerprint density at radius 2 is 1.61 bits per heavy atom. The number of halogens is 1. The zero-order valence-corrected chi connectivity index (χ0v) is 29.9. The first kappa shape index (κ1) is 37.5. The van der Waals surface area contributed by atoms with Crippen LogP contribution in [0.1, 0.15) is 60.3 Å². The predicted octanol–water partition coefficient (Wildman–Crippen LogP) is 3.68. The summed E-state index contributed by atoms with van der Waals surface area (Å²) >= 11 is 0. The Hall–Kier alpha value is -4.72. The lowest BCUT2D eigenvalue weighted by Gasteiger charge is -2.35. The second-order valence-electron chi connectivity index (χ2n) is 13.7. The Bertz CT molecular complexity index is 1770. The third-order valence-electron chi connectivity index (χ3n) is 10.2. The van der Waals surface area contributed by atoms with Crippen LogP contribution >= 0.6 is 12.4 Å². The number of anilines is 1. The summed E-state index contributed by atoms with van der Waals surface area (Å²) in [5, 5.41) is 17.1. The van der Waals surface area contributed by atoms with Gasteiger partial charge in [0.2, 0.25) is 11.8 Å². The van der Waals surface area contributed by atoms with E-state index in [1.165, 1.54) is 0 Å². The number of nitrogens with one attached hydrogen (secondary N) is 2. The van der Waals surface area contributed by atoms with Crippen molar-refractivity contribution in [2.45, 2.75) is 64.0 Å². The summed E-state index contributed by atoms with van der Waals surface area (Å²) < 4.78 is 0. The normalized spacial score (nSPS) is 18.7. The molecular weight excluding hydrogens is 668 g/mol. The number of aryl methyl sites for hydroxylation is 1. The molecule has 6 N–H and O–H groups in total. The fourth-order valence-corrected chi connectivity index (χ4v) is 7.13. The van der Waals surface area contributed by atoms with Gasteiger partial charge in [0.05, 0.1) is 0 Å². The number of H-pyrrole nitrogens is 1. The molecule has 3 amide bonds. The van der Waals surface area contributed by atoms with E-state index in [2.05, 4.69) is 42.9 Å². The highest BCUT2D eigenvalue weighted by Crippen LogP contribution is 2.33. The quantitative estimate of drug-likeness (QED) is 0.180. The van der Waals surface area contributed by atoms with Crippen molar-refractivity contribution in [3.8, 4) is 22.5 Å². The van der Waals surface area contributed by atoms with Gasteiger partial charge in [0, 0.05) is 40.9 Å². The molecule has 14 heteroatoms. The summed E-state index contributed by atoms with van der Waals surface area (Å²) in [6, 6.07) is 18.0. The lowest BCUT2D eigenvalue weighted by atomic mass is 9.81. The molecule has 1 aliphatic carbocycles. The smallest absolute Gasteiger partial charge is 0.270 e. The Labute approximate surface area is 304 Å². The molecule has 51 heavy (non-hydrogen) atoms. The van der Waals surface area contributed by atoms with Gasteiger partial charge in [-0.2, -0.15) is 0 Å². The van der Waals surface area contributed by atoms with E-state index >= 15 is 0 Å². The van der Waals surface area contributed by atoms with Crippen LogP contribution in [0.15, 0.2) is 60.7 Å². The largest absolute Gasteiger partial charge is 0.368 e. The van der Waals surface area contributed by atoms with E-state index in [0.717, 1.165) is 66.7 Å². The number of hydrogen-bond donors (Lipinski definition) is 4. The number of benzene rings is 2. The van der Waals surface area contributed by atoms with E-state index in [4.69, 9.17) is 11.5 Å². The first-order chi connectivity index (χ1) is 24.2. The number of rotatable bonds is 11. The summed E-state index contributed by atoms with van der Waals surface area (Å²) in [7, 11) is 2.09. The highest BCUT2D eigenvalue weighted by Gasteiger charge is 2.36. The minimum Gasteiger partial charge on any atom is -0.368 e. The molecule has 0 unspecified atom stereocenters. The SMILES string of the molecule is Cc1nc(C(=O)NC2CCN(C)CC2)ccc1-c1ccc(C[C@@H](C(N)=O)N(c2ccc(-c3nnn[nH]3)cc2)C(=O)[C@H]2CC[C@H](CN)CC2)cc1.Cl. The van der Waals surface area contributed by atoms with Crippen LogP contribution in [0.5, 0.6) is 0 Å². The Morgan fingerprint density at radius 3 is 2.20 bits per heavy atom. The number of amides is 3. The van der Waals surface area contributed by atoms with Crippen LogP contribution in [0.3, 0.4) is 0 Å². The molecule has 2 aromatic carbocycles. The fraction of sp³-hybridized carbons (Fsp3) is 0.432. The molecule has 0 bridgehead atoms. The number of aromatic nitrogens is 5. The van der Waals surface area contributed by atoms with Gasteiger partial charge in [-0.25, -0.2) is 10.1 Å². The Morgan fingerprint density at radius 1 is 0.941 bits per heavy atom. The zero-order valence-electron chi connectivity index (χ0n) is 29.1. The average Bonchev–Trinajstić information content (AvgIpc) is 3.68. The van der Waals surface area contributed by atoms with Gasteiger partial charge >= 0.3 is 0 Å². The van der Waals surface area contributed by atoms with Gasteiger partial charge in [0.1, 0.15) is 11.7 Å². The van der Waals surface area contributed by atoms with Crippen molar-refractivity contribution < 1.29 is 14.4 Å². The predicted molar refractivity (Wildman–Crippen MR) is 198 cm³/mol. The fourth-order valence-electron chi connectivity index (χ4n) is 7.13. The molecule has 2 aromatic heterocycles. The third-order valence-corrected chi connectivity index (χ3v) is 10.2. The molecule has 1 saturated heterocycles. The standard InChI is InChI=1S/C37H46N10O3.ClH/c1-23-31(15-16-32(40-23)36(49)41-29-17-19-46(2)20-18-29)26-7-3-24(4-8-26)21-33(34(39)48)47(37(50)28-9-5-25(22-38)6-10-28)30-13-11-27(12-14-30)35-42-44-45-43-35;/h3-4,7-8,11-16,25,28-29,33H,5-6,9-10,17-22,38H2,1-2H3,(H2,39,48)(H,41,49)(H,42,43,44,45);1H/t25-,28-,33-;/m0./s1. The van der Waals surface area contributed by atoms with Crippen molar-refractivity contribution in [2.75, 3.05) is 31.6 Å². The van der Waals surface area contributed by atoms with E-state index in [1.54, 1.807) is 23.1 Å². The number of carbonyl (C=O) groups is 3. The summed E-state index contributed by atoms with van der Waals surface area (Å²) in [5.41, 5.74) is 17.1. The second kappa shape index (κ2) is 17.0. The van der Waals surface area contributed by atoms with Crippen LogP contribution in [0.2, 0.25) is 0 Å². The number of carbonyl (C=O) groups excluding carboxylic acids is 3. The highest BCUT2D eigenvalue weighted by atomic mass is 35.5. The van der Waals surface area contributed by atoms with E-state index in [1.807, 2.05) is 49.4 Å². The monoisotopic (exact) mass is 714 g/mol. The molecule has 2 fully saturated rings. The van der Waals surface area contributed by atoms with Crippen molar-refractivity contribution in [1.29, 1.82) is 0 Å². The molecule has 1 atom stereocenters. The maximum atomic E-state index is 14.2. The number of hydrogen-bond acceptors (Lipinski definition) is 9. The maximum absolute atomic E-state index is 14.2. The molecule has 2 aliphatic rings. The summed E-state index contributed by atoms with van der Waals surface area (Å²) in [4.78, 5) is 48.8. The van der Waals surface area contributed by atoms with Gasteiger partial charge in [0.15, 0.2) is 5.82 Å². The number of tetrazole rings is 1. The van der Waals surface area contributed by atoms with Crippen molar-refractivity contribution in [3.63, 3.8) is 0 Å². The van der Waals surface area contributed by atoms with E-state index in [9.17, 15) is 14.4 Å². The van der Waals surface area contributed by atoms with Crippen LogP contribution in [-0.2, 0) is 16.0 Å². The zero-order chi connectivity index (χ0) is 35.2. The van der Waals surface area contributed by atoms with Gasteiger partial charge in [-0.1, -0.05) is 30.3 Å². The number of aromatic amines is 1. The van der Waals surface area contributed by atoms with Crippen LogP contribution in [0, 0.1) is 18.8 Å². The number of nitrogens with zero attached hydrogens (tertiary/aromatic N) is 6. The van der Waals surface area contributed by atoms with Gasteiger partial charge < -0.3 is 21.7 Å². The third kappa shape index (κ3) is 8.96. The van der Waals surface area contributed by atoms with E-state index in [0.29, 0.717) is 42.5 Å². The molecule has 13 nitrogen and oxygen atoms in total. The molecule has 270 valence electrons. The minimum atomic E-state index is -0.913. The van der Waals surface area contributed by atoms with Crippen LogP contribution in [0.4, 0.5) is 5.69 Å².